The van der Waals surface area contributed by atoms with Crippen molar-refractivity contribution in [3.8, 4) is 0 Å². The van der Waals surface area contributed by atoms with Gasteiger partial charge in [0.15, 0.2) is 0 Å². The summed E-state index contributed by atoms with van der Waals surface area (Å²) in [5, 5.41) is 0. The fourth-order valence-electron chi connectivity index (χ4n) is 1.29. The predicted molar refractivity (Wildman–Crippen MR) is 67.9 cm³/mol. The van der Waals surface area contributed by atoms with Gasteiger partial charge in [-0.1, -0.05) is 0 Å². The maximum Gasteiger partial charge on any atom is 0.222 e. The molecule has 0 aliphatic heterocycles. The van der Waals surface area contributed by atoms with Gasteiger partial charge in [0.25, 0.3) is 0 Å². The summed E-state index contributed by atoms with van der Waals surface area (Å²) in [6, 6.07) is 1.65. The zero-order valence-electron chi connectivity index (χ0n) is 10.0. The van der Waals surface area contributed by atoms with Crippen LogP contribution in [-0.2, 0) is 15.6 Å². The van der Waals surface area contributed by atoms with Gasteiger partial charge in [-0.25, -0.2) is 0 Å². The number of amides is 1. The van der Waals surface area contributed by atoms with E-state index in [9.17, 15) is 9.00 Å². The van der Waals surface area contributed by atoms with Crippen LogP contribution in [0.2, 0.25) is 0 Å². The van der Waals surface area contributed by atoms with E-state index in [1.807, 2.05) is 0 Å². The smallest absolute Gasteiger partial charge is 0.222 e. The van der Waals surface area contributed by atoms with Crippen molar-refractivity contribution in [1.29, 1.82) is 0 Å². The number of hydrogen-bond acceptors (Lipinski definition) is 4. The lowest BCUT2D eigenvalue weighted by Gasteiger charge is -2.09. The second-order valence-electron chi connectivity index (χ2n) is 3.85. The van der Waals surface area contributed by atoms with E-state index in [2.05, 4.69) is 4.98 Å². The first-order chi connectivity index (χ1) is 8.02. The molecule has 1 aromatic rings. The van der Waals surface area contributed by atoms with Gasteiger partial charge in [0.05, 0.1) is 27.6 Å². The molecule has 0 saturated heterocycles. The van der Waals surface area contributed by atoms with Crippen LogP contribution in [0, 0.1) is 0 Å². The van der Waals surface area contributed by atoms with E-state index >= 15 is 0 Å². The molecule has 2 N–H and O–H groups in total. The molecule has 1 heterocycles. The fraction of sp³-hybridized carbons (Fsp3) is 0.455. The SMILES string of the molecule is CN(C)C(=O)CCCS(=O)c1ccncc1N. The first-order valence-electron chi connectivity index (χ1n) is 5.30. The second-order valence-corrected chi connectivity index (χ2v) is 5.39. The van der Waals surface area contributed by atoms with E-state index in [0.717, 1.165) is 0 Å². The summed E-state index contributed by atoms with van der Waals surface area (Å²) >= 11 is 0. The van der Waals surface area contributed by atoms with Gasteiger partial charge in [0, 0.05) is 32.5 Å². The van der Waals surface area contributed by atoms with Crippen molar-refractivity contribution in [2.45, 2.75) is 17.7 Å². The number of nitrogens with zero attached hydrogens (tertiary/aromatic N) is 2. The van der Waals surface area contributed by atoms with Crippen LogP contribution >= 0.6 is 0 Å². The van der Waals surface area contributed by atoms with E-state index < -0.39 is 10.8 Å². The van der Waals surface area contributed by atoms with Crippen LogP contribution in [0.4, 0.5) is 5.69 Å². The van der Waals surface area contributed by atoms with Crippen molar-refractivity contribution in [2.75, 3.05) is 25.6 Å². The second kappa shape index (κ2) is 6.34. The number of nitrogens with two attached hydrogens (primary N) is 1. The number of carbonyl (C=O) groups is 1. The molecule has 0 aliphatic carbocycles. The Morgan fingerprint density at radius 1 is 1.53 bits per heavy atom. The highest BCUT2D eigenvalue weighted by Crippen LogP contribution is 2.15. The molecule has 0 aliphatic rings. The van der Waals surface area contributed by atoms with Crippen molar-refractivity contribution in [1.82, 2.24) is 9.88 Å². The summed E-state index contributed by atoms with van der Waals surface area (Å²) in [4.78, 5) is 17.3. The van der Waals surface area contributed by atoms with E-state index in [1.165, 1.54) is 11.1 Å². The molecule has 0 saturated carbocycles. The van der Waals surface area contributed by atoms with Gasteiger partial charge in [-0.2, -0.15) is 0 Å². The van der Waals surface area contributed by atoms with Crippen molar-refractivity contribution in [2.24, 2.45) is 0 Å². The Morgan fingerprint density at radius 3 is 2.82 bits per heavy atom. The number of carbonyl (C=O) groups excluding carboxylic acids is 1. The van der Waals surface area contributed by atoms with Crippen LogP contribution in [0.25, 0.3) is 0 Å². The summed E-state index contributed by atoms with van der Waals surface area (Å²) in [5.41, 5.74) is 6.11. The fourth-order valence-corrected chi connectivity index (χ4v) is 2.44. The Labute approximate surface area is 103 Å². The molecule has 0 spiro atoms. The molecule has 1 unspecified atom stereocenters. The van der Waals surface area contributed by atoms with Crippen LogP contribution in [0.3, 0.4) is 0 Å². The third-order valence-electron chi connectivity index (χ3n) is 2.27. The van der Waals surface area contributed by atoms with E-state index in [4.69, 9.17) is 5.73 Å². The Balaban J connectivity index is 2.46. The van der Waals surface area contributed by atoms with E-state index in [-0.39, 0.29) is 5.91 Å². The van der Waals surface area contributed by atoms with Crippen LogP contribution in [0.1, 0.15) is 12.8 Å². The number of rotatable bonds is 5. The largest absolute Gasteiger partial charge is 0.396 e. The molecular formula is C11H17N3O2S. The molecule has 1 aromatic heterocycles. The lowest BCUT2D eigenvalue weighted by atomic mass is 10.3. The number of anilines is 1. The van der Waals surface area contributed by atoms with Crippen molar-refractivity contribution >= 4 is 22.4 Å². The highest BCUT2D eigenvalue weighted by atomic mass is 32.2. The van der Waals surface area contributed by atoms with E-state index in [1.54, 1.807) is 26.4 Å². The molecule has 6 heteroatoms. The van der Waals surface area contributed by atoms with Crippen molar-refractivity contribution < 1.29 is 9.00 Å². The zero-order chi connectivity index (χ0) is 12.8. The monoisotopic (exact) mass is 255 g/mol. The first-order valence-corrected chi connectivity index (χ1v) is 6.62. The highest BCUT2D eigenvalue weighted by molar-refractivity contribution is 7.85. The topological polar surface area (TPSA) is 76.3 Å². The quantitative estimate of drug-likeness (QED) is 0.837. The van der Waals surface area contributed by atoms with Crippen LogP contribution in [-0.4, -0.2) is 39.8 Å². The number of hydrogen-bond donors (Lipinski definition) is 1. The van der Waals surface area contributed by atoms with Crippen LogP contribution in [0.5, 0.6) is 0 Å². The maximum absolute atomic E-state index is 11.9. The van der Waals surface area contributed by atoms with Crippen LogP contribution in [0.15, 0.2) is 23.4 Å². The minimum Gasteiger partial charge on any atom is -0.396 e. The number of pyridine rings is 1. The molecule has 1 amide bonds. The Bertz CT molecular complexity index is 421. The van der Waals surface area contributed by atoms with Gasteiger partial charge in [-0.15, -0.1) is 0 Å². The van der Waals surface area contributed by atoms with Gasteiger partial charge < -0.3 is 10.6 Å². The summed E-state index contributed by atoms with van der Waals surface area (Å²) in [6.45, 7) is 0. The third-order valence-corrected chi connectivity index (χ3v) is 3.80. The Kier molecular flexibility index (Phi) is 5.09. The summed E-state index contributed by atoms with van der Waals surface area (Å²) in [6.07, 6.45) is 4.04. The molecule has 1 rings (SSSR count). The Morgan fingerprint density at radius 2 is 2.24 bits per heavy atom. The normalized spacial score (nSPS) is 12.1. The molecule has 1 atom stereocenters. The minimum absolute atomic E-state index is 0.0460. The minimum atomic E-state index is -1.16. The average Bonchev–Trinajstić information content (AvgIpc) is 2.29. The lowest BCUT2D eigenvalue weighted by molar-refractivity contribution is -0.128. The van der Waals surface area contributed by atoms with Gasteiger partial charge in [-0.3, -0.25) is 14.0 Å². The predicted octanol–water partition coefficient (Wildman–Crippen LogP) is 0.640. The number of aromatic nitrogens is 1. The molecule has 0 aromatic carbocycles. The van der Waals surface area contributed by atoms with Crippen molar-refractivity contribution in [3.05, 3.63) is 18.5 Å². The summed E-state index contributed by atoms with van der Waals surface area (Å²) in [5.74, 6) is 0.484. The molecule has 17 heavy (non-hydrogen) atoms. The van der Waals surface area contributed by atoms with Crippen molar-refractivity contribution in [3.63, 3.8) is 0 Å². The molecule has 0 radical (unpaired) electrons. The van der Waals surface area contributed by atoms with Crippen LogP contribution < -0.4 is 5.73 Å². The molecule has 0 bridgehead atoms. The molecule has 94 valence electrons. The summed E-state index contributed by atoms with van der Waals surface area (Å²) < 4.78 is 11.9. The summed E-state index contributed by atoms with van der Waals surface area (Å²) in [7, 11) is 2.26. The first kappa shape index (κ1) is 13.6. The standard InChI is InChI=1S/C11H17N3O2S/c1-14(2)11(15)4-3-7-17(16)10-5-6-13-8-9(10)12/h5-6,8H,3-4,7,12H2,1-2H3. The maximum atomic E-state index is 11.9. The lowest BCUT2D eigenvalue weighted by Crippen LogP contribution is -2.21. The molecular weight excluding hydrogens is 238 g/mol. The van der Waals surface area contributed by atoms with Gasteiger partial charge in [-0.05, 0) is 12.5 Å². The highest BCUT2D eigenvalue weighted by Gasteiger charge is 2.09. The molecule has 0 fully saturated rings. The third kappa shape index (κ3) is 4.14. The van der Waals surface area contributed by atoms with Gasteiger partial charge in [0.1, 0.15) is 0 Å². The zero-order valence-corrected chi connectivity index (χ0v) is 10.9. The average molecular weight is 255 g/mol. The van der Waals surface area contributed by atoms with E-state index in [0.29, 0.717) is 29.2 Å². The van der Waals surface area contributed by atoms with Gasteiger partial charge >= 0.3 is 0 Å². The molecule has 5 nitrogen and oxygen atoms in total. The number of nitrogen functional groups attached to an aromatic ring is 1. The van der Waals surface area contributed by atoms with Gasteiger partial charge in [0.2, 0.25) is 5.91 Å². The Hall–Kier alpha value is -1.43.